The van der Waals surface area contributed by atoms with E-state index in [9.17, 15) is 18.3 Å². The molecule has 0 saturated heterocycles. The topological polar surface area (TPSA) is 115 Å². The Kier molecular flexibility index (Phi) is 5.20. The molecule has 158 valence electrons. The molecule has 0 aliphatic heterocycles. The molecule has 0 fully saturated rings. The van der Waals surface area contributed by atoms with Crippen molar-refractivity contribution >= 4 is 27.0 Å². The zero-order chi connectivity index (χ0) is 21.5. The number of rotatable bonds is 6. The lowest BCUT2D eigenvalue weighted by Gasteiger charge is -2.31. The SMILES string of the molecule is COc1ccc(S(=O)(=O)N(C)C2CCc3c(c4ncccc4n3CC(=O)O)C2)cn1. The molecule has 0 spiro atoms. The third kappa shape index (κ3) is 3.41. The van der Waals surface area contributed by atoms with Crippen LogP contribution in [0.5, 0.6) is 5.88 Å². The number of methoxy groups -OCH3 is 1. The van der Waals surface area contributed by atoms with Crippen LogP contribution >= 0.6 is 0 Å². The molecule has 4 rings (SSSR count). The van der Waals surface area contributed by atoms with Gasteiger partial charge in [-0.3, -0.25) is 9.78 Å². The van der Waals surface area contributed by atoms with Crippen molar-refractivity contribution in [1.29, 1.82) is 0 Å². The molecule has 0 amide bonds. The first-order valence-corrected chi connectivity index (χ1v) is 10.9. The lowest BCUT2D eigenvalue weighted by atomic mass is 9.92. The molecular formula is C20H22N4O5S. The molecule has 1 aliphatic carbocycles. The number of pyridine rings is 2. The van der Waals surface area contributed by atoms with Gasteiger partial charge < -0.3 is 14.4 Å². The number of fused-ring (bicyclic) bond motifs is 3. The maximum Gasteiger partial charge on any atom is 0.323 e. The van der Waals surface area contributed by atoms with Crippen molar-refractivity contribution in [2.24, 2.45) is 0 Å². The van der Waals surface area contributed by atoms with E-state index in [1.165, 1.54) is 29.7 Å². The molecule has 0 bridgehead atoms. The van der Waals surface area contributed by atoms with E-state index in [0.717, 1.165) is 22.3 Å². The summed E-state index contributed by atoms with van der Waals surface area (Å²) in [5.41, 5.74) is 3.32. The molecule has 1 atom stereocenters. The number of carboxylic acid groups (broad SMARTS) is 1. The molecule has 3 aromatic rings. The number of carbonyl (C=O) groups is 1. The van der Waals surface area contributed by atoms with E-state index in [1.54, 1.807) is 23.9 Å². The highest BCUT2D eigenvalue weighted by Crippen LogP contribution is 2.33. The highest BCUT2D eigenvalue weighted by Gasteiger charge is 2.34. The number of sulfonamides is 1. The van der Waals surface area contributed by atoms with Gasteiger partial charge in [-0.25, -0.2) is 13.4 Å². The quantitative estimate of drug-likeness (QED) is 0.633. The number of carboxylic acids is 1. The Bertz CT molecular complexity index is 1200. The maximum atomic E-state index is 13.1. The van der Waals surface area contributed by atoms with Crippen molar-refractivity contribution < 1.29 is 23.1 Å². The smallest absolute Gasteiger partial charge is 0.323 e. The number of hydrogen-bond donors (Lipinski definition) is 1. The summed E-state index contributed by atoms with van der Waals surface area (Å²) in [7, 11) is -0.700. The molecule has 1 N–H and O–H groups in total. The predicted octanol–water partition coefficient (Wildman–Crippen LogP) is 1.70. The van der Waals surface area contributed by atoms with Crippen LogP contribution in [0.4, 0.5) is 0 Å². The molecule has 0 radical (unpaired) electrons. The van der Waals surface area contributed by atoms with Crippen molar-refractivity contribution in [2.75, 3.05) is 14.2 Å². The van der Waals surface area contributed by atoms with Gasteiger partial charge in [-0.2, -0.15) is 4.31 Å². The first kappa shape index (κ1) is 20.3. The monoisotopic (exact) mass is 430 g/mol. The van der Waals surface area contributed by atoms with Crippen molar-refractivity contribution in [2.45, 2.75) is 36.7 Å². The van der Waals surface area contributed by atoms with Crippen LogP contribution in [0.1, 0.15) is 17.7 Å². The molecule has 1 aliphatic rings. The third-order valence-electron chi connectivity index (χ3n) is 5.59. The van der Waals surface area contributed by atoms with Gasteiger partial charge in [0.15, 0.2) is 0 Å². The standard InChI is InChI=1S/C20H22N4O5S/c1-23(30(27,28)14-6-8-18(29-2)22-11-14)13-5-7-16-15(10-13)20-17(4-3-9-21-20)24(16)12-19(25)26/h3-4,6,8-9,11,13H,5,7,10,12H2,1-2H3,(H,25,26). The Morgan fingerprint density at radius 2 is 2.13 bits per heavy atom. The maximum absolute atomic E-state index is 13.1. The minimum absolute atomic E-state index is 0.100. The highest BCUT2D eigenvalue weighted by molar-refractivity contribution is 7.89. The molecule has 3 heterocycles. The van der Waals surface area contributed by atoms with Crippen LogP contribution in [-0.4, -0.2) is 58.5 Å². The van der Waals surface area contributed by atoms with Crippen LogP contribution in [0.25, 0.3) is 11.0 Å². The van der Waals surface area contributed by atoms with Gasteiger partial charge in [0.05, 0.1) is 24.3 Å². The minimum atomic E-state index is -3.74. The largest absolute Gasteiger partial charge is 0.481 e. The van der Waals surface area contributed by atoms with Crippen LogP contribution in [0.3, 0.4) is 0 Å². The Balaban J connectivity index is 1.67. The number of ether oxygens (including phenoxy) is 1. The molecule has 1 unspecified atom stereocenters. The second-order valence-corrected chi connectivity index (χ2v) is 9.23. The summed E-state index contributed by atoms with van der Waals surface area (Å²) < 4.78 is 34.4. The summed E-state index contributed by atoms with van der Waals surface area (Å²) in [6, 6.07) is 6.35. The summed E-state index contributed by atoms with van der Waals surface area (Å²) in [6.45, 7) is -0.145. The van der Waals surface area contributed by atoms with Crippen molar-refractivity contribution in [3.8, 4) is 5.88 Å². The zero-order valence-electron chi connectivity index (χ0n) is 16.6. The molecule has 0 saturated carbocycles. The summed E-state index contributed by atoms with van der Waals surface area (Å²) in [5, 5.41) is 9.31. The van der Waals surface area contributed by atoms with Gasteiger partial charge >= 0.3 is 5.97 Å². The number of aliphatic carboxylic acids is 1. The van der Waals surface area contributed by atoms with Crippen LogP contribution in [0, 0.1) is 0 Å². The Hall–Kier alpha value is -2.98. The van der Waals surface area contributed by atoms with Crippen molar-refractivity contribution in [3.05, 3.63) is 47.9 Å². The van der Waals surface area contributed by atoms with Crippen LogP contribution in [0.15, 0.2) is 41.6 Å². The molecular weight excluding hydrogens is 408 g/mol. The predicted molar refractivity (Wildman–Crippen MR) is 109 cm³/mol. The second-order valence-electron chi connectivity index (χ2n) is 7.23. The third-order valence-corrected chi connectivity index (χ3v) is 7.49. The van der Waals surface area contributed by atoms with Crippen LogP contribution < -0.4 is 4.74 Å². The van der Waals surface area contributed by atoms with E-state index >= 15 is 0 Å². The zero-order valence-corrected chi connectivity index (χ0v) is 17.5. The Labute approximate surface area is 174 Å². The summed E-state index contributed by atoms with van der Waals surface area (Å²) >= 11 is 0. The van der Waals surface area contributed by atoms with Gasteiger partial charge in [0.2, 0.25) is 15.9 Å². The van der Waals surface area contributed by atoms with E-state index in [1.807, 2.05) is 6.07 Å². The average Bonchev–Trinajstić information content (AvgIpc) is 3.06. The van der Waals surface area contributed by atoms with E-state index in [-0.39, 0.29) is 17.5 Å². The lowest BCUT2D eigenvalue weighted by Crippen LogP contribution is -2.40. The molecule has 30 heavy (non-hydrogen) atoms. The summed E-state index contributed by atoms with van der Waals surface area (Å²) in [6.07, 6.45) is 4.58. The first-order chi connectivity index (χ1) is 14.3. The number of hydrogen-bond acceptors (Lipinski definition) is 6. The number of nitrogens with zero attached hydrogens (tertiary/aromatic N) is 4. The summed E-state index contributed by atoms with van der Waals surface area (Å²) in [5.74, 6) is -0.580. The number of likely N-dealkylation sites (N-methyl/N-ethyl adjacent to an activating group) is 1. The van der Waals surface area contributed by atoms with Gasteiger partial charge in [-0.05, 0) is 37.5 Å². The van der Waals surface area contributed by atoms with Crippen molar-refractivity contribution in [3.63, 3.8) is 0 Å². The second kappa shape index (κ2) is 7.69. The normalized spacial score (nSPS) is 16.6. The fourth-order valence-electron chi connectivity index (χ4n) is 4.06. The van der Waals surface area contributed by atoms with E-state index in [0.29, 0.717) is 25.1 Å². The fourth-order valence-corrected chi connectivity index (χ4v) is 5.39. The Morgan fingerprint density at radius 3 is 2.80 bits per heavy atom. The van der Waals surface area contributed by atoms with E-state index < -0.39 is 16.0 Å². The molecule has 0 aromatic carbocycles. The molecule has 10 heteroatoms. The van der Waals surface area contributed by atoms with Gasteiger partial charge in [0.1, 0.15) is 11.4 Å². The highest BCUT2D eigenvalue weighted by atomic mass is 32.2. The van der Waals surface area contributed by atoms with Gasteiger partial charge in [0, 0.05) is 36.6 Å². The lowest BCUT2D eigenvalue weighted by molar-refractivity contribution is -0.137. The fraction of sp³-hybridized carbons (Fsp3) is 0.350. The van der Waals surface area contributed by atoms with Crippen molar-refractivity contribution in [1.82, 2.24) is 18.8 Å². The minimum Gasteiger partial charge on any atom is -0.481 e. The van der Waals surface area contributed by atoms with E-state index in [2.05, 4.69) is 9.97 Å². The molecule has 3 aromatic heterocycles. The van der Waals surface area contributed by atoms with Gasteiger partial charge in [-0.1, -0.05) is 0 Å². The van der Waals surface area contributed by atoms with Crippen LogP contribution in [-0.2, 0) is 34.2 Å². The summed E-state index contributed by atoms with van der Waals surface area (Å²) in [4.78, 5) is 19.9. The average molecular weight is 430 g/mol. The molecule has 9 nitrogen and oxygen atoms in total. The first-order valence-electron chi connectivity index (χ1n) is 9.47. The van der Waals surface area contributed by atoms with E-state index in [4.69, 9.17) is 4.74 Å². The Morgan fingerprint density at radius 1 is 1.33 bits per heavy atom. The van der Waals surface area contributed by atoms with Gasteiger partial charge in [0.25, 0.3) is 0 Å². The van der Waals surface area contributed by atoms with Gasteiger partial charge in [-0.15, -0.1) is 0 Å². The van der Waals surface area contributed by atoms with Crippen LogP contribution in [0.2, 0.25) is 0 Å². The number of aromatic nitrogens is 3.